The molecule has 0 atom stereocenters. The number of fused-ring (bicyclic) bond motifs is 1. The van der Waals surface area contributed by atoms with Gasteiger partial charge in [0, 0.05) is 42.5 Å². The summed E-state index contributed by atoms with van der Waals surface area (Å²) < 4.78 is 7.87. The molecule has 33 heavy (non-hydrogen) atoms. The summed E-state index contributed by atoms with van der Waals surface area (Å²) in [6.07, 6.45) is 5.11. The SMILES string of the molecule is CCn1cc(CN(C)Cc2nc(C)c3c(n2)N(CCOc2ccccc2C)C(=O)CC3)cn1. The number of aromatic nitrogens is 4. The molecule has 1 amide bonds. The van der Waals surface area contributed by atoms with Crippen molar-refractivity contribution in [1.29, 1.82) is 0 Å². The van der Waals surface area contributed by atoms with Crippen molar-refractivity contribution in [2.45, 2.75) is 53.2 Å². The van der Waals surface area contributed by atoms with Crippen molar-refractivity contribution in [2.24, 2.45) is 0 Å². The zero-order chi connectivity index (χ0) is 23.4. The minimum Gasteiger partial charge on any atom is -0.491 e. The number of aryl methyl sites for hydroxylation is 3. The zero-order valence-corrected chi connectivity index (χ0v) is 19.9. The normalized spacial score (nSPS) is 13.5. The highest BCUT2D eigenvalue weighted by atomic mass is 16.5. The molecule has 8 nitrogen and oxygen atoms in total. The Morgan fingerprint density at radius 2 is 1.94 bits per heavy atom. The number of anilines is 1. The Morgan fingerprint density at radius 3 is 2.70 bits per heavy atom. The summed E-state index contributed by atoms with van der Waals surface area (Å²) in [7, 11) is 2.04. The highest BCUT2D eigenvalue weighted by molar-refractivity contribution is 5.95. The third-order valence-corrected chi connectivity index (χ3v) is 5.92. The molecule has 3 aromatic rings. The van der Waals surface area contributed by atoms with Gasteiger partial charge in [0.15, 0.2) is 0 Å². The first-order chi connectivity index (χ1) is 15.9. The predicted molar refractivity (Wildman–Crippen MR) is 127 cm³/mol. The van der Waals surface area contributed by atoms with Crippen LogP contribution in [-0.4, -0.2) is 50.8 Å². The van der Waals surface area contributed by atoms with Crippen LogP contribution in [0.4, 0.5) is 5.82 Å². The van der Waals surface area contributed by atoms with Crippen LogP contribution in [0.15, 0.2) is 36.7 Å². The third kappa shape index (κ3) is 5.39. The first-order valence-electron chi connectivity index (χ1n) is 11.5. The number of amides is 1. The average molecular weight is 449 g/mol. The van der Waals surface area contributed by atoms with Crippen molar-refractivity contribution in [3.05, 3.63) is 64.9 Å². The summed E-state index contributed by atoms with van der Waals surface area (Å²) in [5.74, 6) is 2.38. The second-order valence-electron chi connectivity index (χ2n) is 8.56. The van der Waals surface area contributed by atoms with Crippen molar-refractivity contribution in [2.75, 3.05) is 25.1 Å². The van der Waals surface area contributed by atoms with Crippen LogP contribution < -0.4 is 9.64 Å². The number of carbonyl (C=O) groups excluding carboxylic acids is 1. The average Bonchev–Trinajstić information content (AvgIpc) is 3.24. The van der Waals surface area contributed by atoms with Crippen LogP contribution in [0.25, 0.3) is 0 Å². The van der Waals surface area contributed by atoms with Gasteiger partial charge in [0.1, 0.15) is 24.0 Å². The maximum absolute atomic E-state index is 12.8. The van der Waals surface area contributed by atoms with Gasteiger partial charge >= 0.3 is 0 Å². The summed E-state index contributed by atoms with van der Waals surface area (Å²) in [5, 5.41) is 4.34. The maximum Gasteiger partial charge on any atom is 0.228 e. The Hall–Kier alpha value is -3.26. The lowest BCUT2D eigenvalue weighted by molar-refractivity contribution is -0.119. The fourth-order valence-electron chi connectivity index (χ4n) is 4.18. The quantitative estimate of drug-likeness (QED) is 0.500. The topological polar surface area (TPSA) is 76.4 Å². The molecule has 2 aromatic heterocycles. The van der Waals surface area contributed by atoms with Crippen molar-refractivity contribution < 1.29 is 9.53 Å². The van der Waals surface area contributed by atoms with Gasteiger partial charge in [-0.05, 0) is 45.9 Å². The summed E-state index contributed by atoms with van der Waals surface area (Å²) in [5.41, 5.74) is 4.23. The number of nitrogens with zero attached hydrogens (tertiary/aromatic N) is 6. The van der Waals surface area contributed by atoms with E-state index in [0.717, 1.165) is 52.9 Å². The molecule has 0 aliphatic carbocycles. The molecule has 4 rings (SSSR count). The highest BCUT2D eigenvalue weighted by Crippen LogP contribution is 2.28. The van der Waals surface area contributed by atoms with Crippen LogP contribution in [0.5, 0.6) is 5.75 Å². The number of ether oxygens (including phenoxy) is 1. The van der Waals surface area contributed by atoms with Crippen LogP contribution in [0.1, 0.15) is 41.6 Å². The van der Waals surface area contributed by atoms with E-state index in [-0.39, 0.29) is 5.91 Å². The van der Waals surface area contributed by atoms with E-state index in [4.69, 9.17) is 14.7 Å². The minimum atomic E-state index is 0.0836. The molecular weight excluding hydrogens is 416 g/mol. The molecule has 0 saturated heterocycles. The number of carbonyl (C=O) groups is 1. The first-order valence-corrected chi connectivity index (χ1v) is 11.5. The smallest absolute Gasteiger partial charge is 0.228 e. The maximum atomic E-state index is 12.8. The van der Waals surface area contributed by atoms with Crippen molar-refractivity contribution in [3.63, 3.8) is 0 Å². The standard InChI is InChI=1S/C25H32N6O2/c1-5-30-16-20(14-26-30)15-29(4)17-23-27-19(3)21-10-11-24(32)31(25(21)28-23)12-13-33-22-9-7-6-8-18(22)2/h6-9,14,16H,5,10-13,15,17H2,1-4H3. The van der Waals surface area contributed by atoms with Gasteiger partial charge in [0.05, 0.1) is 19.3 Å². The van der Waals surface area contributed by atoms with Gasteiger partial charge in [-0.1, -0.05) is 18.2 Å². The molecule has 174 valence electrons. The lowest BCUT2D eigenvalue weighted by Gasteiger charge is -2.29. The lowest BCUT2D eigenvalue weighted by Crippen LogP contribution is -2.39. The van der Waals surface area contributed by atoms with Crippen LogP contribution in [0.2, 0.25) is 0 Å². The van der Waals surface area contributed by atoms with Crippen LogP contribution >= 0.6 is 0 Å². The summed E-state index contributed by atoms with van der Waals surface area (Å²) in [4.78, 5) is 26.3. The number of hydrogen-bond donors (Lipinski definition) is 0. The molecule has 8 heteroatoms. The molecule has 1 aliphatic rings. The van der Waals surface area contributed by atoms with Crippen LogP contribution in [0.3, 0.4) is 0 Å². The fourth-order valence-corrected chi connectivity index (χ4v) is 4.18. The number of benzene rings is 1. The van der Waals surface area contributed by atoms with Gasteiger partial charge in [-0.25, -0.2) is 9.97 Å². The van der Waals surface area contributed by atoms with E-state index < -0.39 is 0 Å². The Balaban J connectivity index is 1.47. The van der Waals surface area contributed by atoms with Crippen molar-refractivity contribution in [3.8, 4) is 5.75 Å². The lowest BCUT2D eigenvalue weighted by atomic mass is 10.0. The van der Waals surface area contributed by atoms with Gasteiger partial charge in [-0.15, -0.1) is 0 Å². The Bertz CT molecular complexity index is 1130. The van der Waals surface area contributed by atoms with Crippen molar-refractivity contribution >= 4 is 11.7 Å². The first kappa shape index (κ1) is 22.9. The molecule has 0 saturated carbocycles. The molecule has 0 radical (unpaired) electrons. The van der Waals surface area contributed by atoms with Gasteiger partial charge in [0.25, 0.3) is 0 Å². The Morgan fingerprint density at radius 1 is 1.12 bits per heavy atom. The van der Waals surface area contributed by atoms with Crippen molar-refractivity contribution in [1.82, 2.24) is 24.6 Å². The second kappa shape index (κ2) is 10.1. The molecule has 0 spiro atoms. The molecule has 0 N–H and O–H groups in total. The molecule has 0 bridgehead atoms. The molecule has 0 fully saturated rings. The molecule has 1 aliphatic heterocycles. The van der Waals surface area contributed by atoms with E-state index in [9.17, 15) is 4.79 Å². The number of rotatable bonds is 9. The summed E-state index contributed by atoms with van der Waals surface area (Å²) >= 11 is 0. The minimum absolute atomic E-state index is 0.0836. The zero-order valence-electron chi connectivity index (χ0n) is 19.9. The van der Waals surface area contributed by atoms with E-state index in [1.54, 1.807) is 4.90 Å². The third-order valence-electron chi connectivity index (χ3n) is 5.92. The van der Waals surface area contributed by atoms with Gasteiger partial charge < -0.3 is 4.74 Å². The fraction of sp³-hybridized carbons (Fsp3) is 0.440. The van der Waals surface area contributed by atoms with E-state index in [0.29, 0.717) is 32.5 Å². The molecular formula is C25H32N6O2. The highest BCUT2D eigenvalue weighted by Gasteiger charge is 2.28. The Labute approximate surface area is 195 Å². The van der Waals surface area contributed by atoms with E-state index in [1.807, 2.05) is 56.0 Å². The molecule has 0 unspecified atom stereocenters. The van der Waals surface area contributed by atoms with E-state index in [2.05, 4.69) is 23.1 Å². The summed E-state index contributed by atoms with van der Waals surface area (Å²) in [6, 6.07) is 7.91. The van der Waals surface area contributed by atoms with Crippen LogP contribution in [0, 0.1) is 13.8 Å². The Kier molecular flexibility index (Phi) is 7.03. The number of para-hydroxylation sites is 1. The summed E-state index contributed by atoms with van der Waals surface area (Å²) in [6.45, 7) is 9.17. The van der Waals surface area contributed by atoms with E-state index in [1.165, 1.54) is 0 Å². The van der Waals surface area contributed by atoms with Gasteiger partial charge in [0.2, 0.25) is 5.91 Å². The monoisotopic (exact) mass is 448 g/mol. The predicted octanol–water partition coefficient (Wildman–Crippen LogP) is 3.30. The van der Waals surface area contributed by atoms with Gasteiger partial charge in [-0.3, -0.25) is 19.3 Å². The molecule has 1 aromatic carbocycles. The molecule has 3 heterocycles. The van der Waals surface area contributed by atoms with Crippen LogP contribution in [-0.2, 0) is 30.8 Å². The van der Waals surface area contributed by atoms with E-state index >= 15 is 0 Å². The van der Waals surface area contributed by atoms with Gasteiger partial charge in [-0.2, -0.15) is 5.10 Å². The second-order valence-corrected chi connectivity index (χ2v) is 8.56. The largest absolute Gasteiger partial charge is 0.491 e. The number of hydrogen-bond acceptors (Lipinski definition) is 6.